The summed E-state index contributed by atoms with van der Waals surface area (Å²) in [6.07, 6.45) is 1.80. The maximum absolute atomic E-state index is 13.2. The average molecular weight is 441 g/mol. The number of hydrogen-bond donors (Lipinski definition) is 1. The lowest BCUT2D eigenvalue weighted by Gasteiger charge is -2.17. The number of thiophene rings is 1. The van der Waals surface area contributed by atoms with Gasteiger partial charge in [-0.25, -0.2) is 4.39 Å². The second-order valence-corrected chi connectivity index (χ2v) is 8.71. The van der Waals surface area contributed by atoms with Gasteiger partial charge in [-0.05, 0) is 42.0 Å². The average Bonchev–Trinajstić information content (AvgIpc) is 3.41. The Morgan fingerprint density at radius 1 is 1.23 bits per heavy atom. The van der Waals surface area contributed by atoms with Gasteiger partial charge in [-0.3, -0.25) is 9.59 Å². The van der Waals surface area contributed by atoms with E-state index in [-0.39, 0.29) is 23.5 Å². The largest absolute Gasteiger partial charge is 0.493 e. The first-order valence-electron chi connectivity index (χ1n) is 10.5. The van der Waals surface area contributed by atoms with Crippen LogP contribution in [0.5, 0.6) is 5.75 Å². The van der Waals surface area contributed by atoms with Crippen LogP contribution < -0.4 is 10.1 Å². The summed E-state index contributed by atoms with van der Waals surface area (Å²) < 4.78 is 19.8. The molecule has 1 saturated heterocycles. The number of amides is 2. The molecule has 0 saturated carbocycles. The Labute approximate surface area is 184 Å². The van der Waals surface area contributed by atoms with Gasteiger partial charge in [0, 0.05) is 43.2 Å². The monoisotopic (exact) mass is 440 g/mol. The van der Waals surface area contributed by atoms with Gasteiger partial charge in [-0.2, -0.15) is 0 Å². The molecule has 1 atom stereocenters. The molecule has 0 aliphatic carbocycles. The van der Waals surface area contributed by atoms with Crippen LogP contribution in [-0.4, -0.2) is 43.5 Å². The van der Waals surface area contributed by atoms with Crippen molar-refractivity contribution in [2.75, 3.05) is 26.7 Å². The molecule has 1 aliphatic heterocycles. The molecule has 1 aliphatic rings. The van der Waals surface area contributed by atoms with E-state index >= 15 is 0 Å². The molecular formula is C24H25FN2O3S. The standard InChI is InChI=1S/C24H25FN2O3S/c1-26-24(29)23-22(19-8-2-3-9-20(19)31-23)16-11-12-27(15-16)21(28)10-5-13-30-18-7-4-6-17(25)14-18/h2-4,6-9,14,16H,5,10-13,15H2,1H3,(H,26,29). The van der Waals surface area contributed by atoms with Gasteiger partial charge in [-0.1, -0.05) is 24.3 Å². The summed E-state index contributed by atoms with van der Waals surface area (Å²) >= 11 is 1.51. The minimum absolute atomic E-state index is 0.0736. The Balaban J connectivity index is 1.37. The lowest BCUT2D eigenvalue weighted by Crippen LogP contribution is -2.28. The summed E-state index contributed by atoms with van der Waals surface area (Å²) in [6, 6.07) is 14.1. The van der Waals surface area contributed by atoms with E-state index in [1.165, 1.54) is 23.5 Å². The third-order valence-corrected chi connectivity index (χ3v) is 6.80. The Kier molecular flexibility index (Phi) is 6.51. The minimum atomic E-state index is -0.339. The van der Waals surface area contributed by atoms with Crippen LogP contribution >= 0.6 is 11.3 Å². The van der Waals surface area contributed by atoms with E-state index in [0.29, 0.717) is 38.3 Å². The molecule has 162 valence electrons. The Hall–Kier alpha value is -2.93. The first-order chi connectivity index (χ1) is 15.1. The lowest BCUT2D eigenvalue weighted by atomic mass is 9.95. The van der Waals surface area contributed by atoms with Crippen molar-refractivity contribution in [2.24, 2.45) is 0 Å². The first-order valence-corrected chi connectivity index (χ1v) is 11.3. The van der Waals surface area contributed by atoms with Crippen LogP contribution in [0.25, 0.3) is 10.1 Å². The minimum Gasteiger partial charge on any atom is -0.493 e. The number of carbonyl (C=O) groups is 2. The zero-order valence-electron chi connectivity index (χ0n) is 17.4. The van der Waals surface area contributed by atoms with Crippen molar-refractivity contribution in [3.8, 4) is 5.75 Å². The smallest absolute Gasteiger partial charge is 0.261 e. The number of halogens is 1. The highest BCUT2D eigenvalue weighted by molar-refractivity contribution is 7.21. The molecule has 7 heteroatoms. The molecule has 0 spiro atoms. The number of hydrogen-bond acceptors (Lipinski definition) is 4. The van der Waals surface area contributed by atoms with Crippen LogP contribution in [0, 0.1) is 5.82 Å². The van der Waals surface area contributed by atoms with Crippen molar-refractivity contribution in [3.05, 3.63) is 64.8 Å². The van der Waals surface area contributed by atoms with E-state index in [9.17, 15) is 14.0 Å². The fourth-order valence-corrected chi connectivity index (χ4v) is 5.34. The van der Waals surface area contributed by atoms with Gasteiger partial charge >= 0.3 is 0 Å². The Morgan fingerprint density at radius 3 is 2.87 bits per heavy atom. The van der Waals surface area contributed by atoms with Crippen LogP contribution in [0.4, 0.5) is 4.39 Å². The van der Waals surface area contributed by atoms with Crippen LogP contribution in [0.2, 0.25) is 0 Å². The van der Waals surface area contributed by atoms with Gasteiger partial charge in [-0.15, -0.1) is 11.3 Å². The third kappa shape index (κ3) is 4.71. The molecule has 3 aromatic rings. The van der Waals surface area contributed by atoms with Gasteiger partial charge < -0.3 is 15.0 Å². The van der Waals surface area contributed by atoms with Gasteiger partial charge in [0.2, 0.25) is 5.91 Å². The normalized spacial score (nSPS) is 15.9. The molecule has 1 fully saturated rings. The fourth-order valence-electron chi connectivity index (χ4n) is 4.10. The van der Waals surface area contributed by atoms with E-state index in [1.54, 1.807) is 19.2 Å². The highest BCUT2D eigenvalue weighted by Crippen LogP contribution is 2.40. The molecule has 1 aromatic heterocycles. The van der Waals surface area contributed by atoms with Crippen molar-refractivity contribution < 1.29 is 18.7 Å². The van der Waals surface area contributed by atoms with E-state index < -0.39 is 0 Å². The molecule has 31 heavy (non-hydrogen) atoms. The van der Waals surface area contributed by atoms with Gasteiger partial charge in [0.25, 0.3) is 5.91 Å². The van der Waals surface area contributed by atoms with Gasteiger partial charge in [0.05, 0.1) is 11.5 Å². The lowest BCUT2D eigenvalue weighted by molar-refractivity contribution is -0.130. The predicted molar refractivity (Wildman–Crippen MR) is 120 cm³/mol. The summed E-state index contributed by atoms with van der Waals surface area (Å²) in [5.41, 5.74) is 1.06. The molecule has 1 N–H and O–H groups in total. The maximum Gasteiger partial charge on any atom is 0.261 e. The number of ether oxygens (including phenoxy) is 1. The quantitative estimate of drug-likeness (QED) is 0.548. The van der Waals surface area contributed by atoms with Crippen molar-refractivity contribution in [1.29, 1.82) is 0 Å². The number of likely N-dealkylation sites (tertiary alicyclic amines) is 1. The zero-order chi connectivity index (χ0) is 21.8. The third-order valence-electron chi connectivity index (χ3n) is 5.62. The van der Waals surface area contributed by atoms with Crippen LogP contribution in [-0.2, 0) is 4.79 Å². The number of benzene rings is 2. The second-order valence-electron chi connectivity index (χ2n) is 7.65. The Morgan fingerprint density at radius 2 is 2.06 bits per heavy atom. The van der Waals surface area contributed by atoms with E-state index in [0.717, 1.165) is 26.9 Å². The summed E-state index contributed by atoms with van der Waals surface area (Å²) in [5, 5.41) is 3.85. The van der Waals surface area contributed by atoms with Gasteiger partial charge in [0.1, 0.15) is 11.6 Å². The van der Waals surface area contributed by atoms with Crippen molar-refractivity contribution >= 4 is 33.2 Å². The van der Waals surface area contributed by atoms with Crippen LogP contribution in [0.1, 0.15) is 40.4 Å². The molecule has 1 unspecified atom stereocenters. The van der Waals surface area contributed by atoms with Crippen molar-refractivity contribution in [3.63, 3.8) is 0 Å². The molecule has 2 amide bonds. The zero-order valence-corrected chi connectivity index (χ0v) is 18.2. The molecule has 2 aromatic carbocycles. The number of nitrogens with one attached hydrogen (secondary N) is 1. The highest BCUT2D eigenvalue weighted by atomic mass is 32.1. The van der Waals surface area contributed by atoms with Crippen molar-refractivity contribution in [2.45, 2.75) is 25.2 Å². The van der Waals surface area contributed by atoms with E-state index in [1.807, 2.05) is 23.1 Å². The molecule has 5 nitrogen and oxygen atoms in total. The van der Waals surface area contributed by atoms with Crippen LogP contribution in [0.3, 0.4) is 0 Å². The number of fused-ring (bicyclic) bond motifs is 1. The first kappa shape index (κ1) is 21.3. The van der Waals surface area contributed by atoms with Crippen LogP contribution in [0.15, 0.2) is 48.5 Å². The number of carbonyl (C=O) groups excluding carboxylic acids is 2. The topological polar surface area (TPSA) is 58.6 Å². The van der Waals surface area contributed by atoms with E-state index in [4.69, 9.17) is 4.74 Å². The predicted octanol–water partition coefficient (Wildman–Crippen LogP) is 4.58. The maximum atomic E-state index is 13.2. The summed E-state index contributed by atoms with van der Waals surface area (Å²) in [4.78, 5) is 27.8. The number of nitrogens with zero attached hydrogens (tertiary/aromatic N) is 1. The summed E-state index contributed by atoms with van der Waals surface area (Å²) in [6.45, 7) is 1.67. The molecule has 0 bridgehead atoms. The second kappa shape index (κ2) is 9.47. The highest BCUT2D eigenvalue weighted by Gasteiger charge is 2.32. The molecule has 2 heterocycles. The van der Waals surface area contributed by atoms with E-state index in [2.05, 4.69) is 11.4 Å². The molecule has 4 rings (SSSR count). The van der Waals surface area contributed by atoms with Crippen molar-refractivity contribution in [1.82, 2.24) is 10.2 Å². The molecular weight excluding hydrogens is 415 g/mol. The summed E-state index contributed by atoms with van der Waals surface area (Å²) in [5.74, 6) is 0.298. The molecule has 0 radical (unpaired) electrons. The SMILES string of the molecule is CNC(=O)c1sc2ccccc2c1C1CCN(C(=O)CCCOc2cccc(F)c2)C1. The van der Waals surface area contributed by atoms with Gasteiger partial charge in [0.15, 0.2) is 0 Å². The fraction of sp³-hybridized carbons (Fsp3) is 0.333. The summed E-state index contributed by atoms with van der Waals surface area (Å²) in [7, 11) is 1.65. The Bertz CT molecular complexity index is 1100. The number of rotatable bonds is 7.